The normalized spacial score (nSPS) is 20.1. The molecule has 0 unspecified atom stereocenters. The van der Waals surface area contributed by atoms with Gasteiger partial charge < -0.3 is 5.32 Å². The Bertz CT molecular complexity index is 958. The first kappa shape index (κ1) is 21.0. The lowest BCUT2D eigenvalue weighted by atomic mass is 9.94. The third-order valence-corrected chi connectivity index (χ3v) is 6.45. The van der Waals surface area contributed by atoms with Crippen LogP contribution in [0.1, 0.15) is 20.3 Å². The van der Waals surface area contributed by atoms with Crippen molar-refractivity contribution in [3.05, 3.63) is 48.4 Å². The maximum atomic E-state index is 13.5. The van der Waals surface area contributed by atoms with Gasteiger partial charge in [0, 0.05) is 19.3 Å². The highest BCUT2D eigenvalue weighted by Crippen LogP contribution is 2.26. The zero-order valence-corrected chi connectivity index (χ0v) is 17.0. The number of aromatic nitrogens is 1. The second kappa shape index (κ2) is 8.75. The minimum Gasteiger partial charge on any atom is -0.304 e. The lowest BCUT2D eigenvalue weighted by molar-refractivity contribution is 0.222. The summed E-state index contributed by atoms with van der Waals surface area (Å²) in [6.07, 6.45) is 2.26. The fraction of sp³-hybridized carbons (Fsp3) is 0.368. The van der Waals surface area contributed by atoms with E-state index in [0.717, 1.165) is 6.42 Å². The predicted octanol–water partition coefficient (Wildman–Crippen LogP) is 3.04. The number of urea groups is 1. The number of carbonyl (C=O) groups excluding carboxylic acids is 1. The van der Waals surface area contributed by atoms with Gasteiger partial charge in [0.15, 0.2) is 0 Å². The summed E-state index contributed by atoms with van der Waals surface area (Å²) in [6, 6.07) is 7.96. The molecule has 8 nitrogen and oxygen atoms in total. The minimum absolute atomic E-state index is 0.0335. The van der Waals surface area contributed by atoms with Gasteiger partial charge in [0.25, 0.3) is 0 Å². The number of rotatable bonds is 5. The van der Waals surface area contributed by atoms with Gasteiger partial charge in [-0.2, -0.15) is 4.31 Å². The molecule has 2 heterocycles. The van der Waals surface area contributed by atoms with Gasteiger partial charge in [0.1, 0.15) is 16.5 Å². The van der Waals surface area contributed by atoms with Gasteiger partial charge in [0.2, 0.25) is 10.0 Å². The van der Waals surface area contributed by atoms with E-state index in [2.05, 4.69) is 21.2 Å². The second-order valence-electron chi connectivity index (χ2n) is 7.33. The fourth-order valence-corrected chi connectivity index (χ4v) is 5.02. The summed E-state index contributed by atoms with van der Waals surface area (Å²) in [4.78, 5) is 16.0. The van der Waals surface area contributed by atoms with Gasteiger partial charge in [-0.3, -0.25) is 10.9 Å². The lowest BCUT2D eigenvalue weighted by Gasteiger charge is -2.33. The van der Waals surface area contributed by atoms with Crippen molar-refractivity contribution in [1.82, 2.24) is 14.7 Å². The molecule has 0 aliphatic carbocycles. The van der Waals surface area contributed by atoms with Crippen LogP contribution in [0.3, 0.4) is 0 Å². The number of carbonyl (C=O) groups is 1. The molecule has 0 radical (unpaired) electrons. The number of anilines is 2. The molecule has 2 aromatic rings. The van der Waals surface area contributed by atoms with E-state index < -0.39 is 21.9 Å². The number of para-hydroxylation sites is 1. The van der Waals surface area contributed by atoms with Crippen LogP contribution in [0.25, 0.3) is 0 Å². The number of nitrogens with one attached hydrogen (secondary N) is 3. The first-order valence-corrected chi connectivity index (χ1v) is 10.7. The molecule has 2 atom stereocenters. The number of sulfonamides is 1. The summed E-state index contributed by atoms with van der Waals surface area (Å²) >= 11 is 0. The third kappa shape index (κ3) is 5.21. The number of nitrogens with zero attached hydrogens (tertiary/aromatic N) is 2. The van der Waals surface area contributed by atoms with E-state index in [-0.39, 0.29) is 16.4 Å². The molecule has 10 heteroatoms. The number of piperidine rings is 1. The molecule has 1 aromatic heterocycles. The zero-order valence-electron chi connectivity index (χ0n) is 16.2. The highest BCUT2D eigenvalue weighted by molar-refractivity contribution is 7.89. The largest absolute Gasteiger partial charge is 0.337 e. The molecule has 0 spiro atoms. The molecule has 1 aromatic carbocycles. The smallest absolute Gasteiger partial charge is 0.304 e. The Morgan fingerprint density at radius 1 is 1.14 bits per heavy atom. The van der Waals surface area contributed by atoms with E-state index in [4.69, 9.17) is 0 Å². The number of hydrogen-bond donors (Lipinski definition) is 3. The highest BCUT2D eigenvalue weighted by Gasteiger charge is 2.31. The Morgan fingerprint density at radius 3 is 2.45 bits per heavy atom. The summed E-state index contributed by atoms with van der Waals surface area (Å²) < 4.78 is 40.7. The molecule has 3 rings (SSSR count). The van der Waals surface area contributed by atoms with E-state index in [1.807, 2.05) is 13.8 Å². The average Bonchev–Trinajstić information content (AvgIpc) is 2.68. The maximum Gasteiger partial charge on any atom is 0.337 e. The predicted molar refractivity (Wildman–Crippen MR) is 108 cm³/mol. The topological polar surface area (TPSA) is 103 Å². The van der Waals surface area contributed by atoms with Gasteiger partial charge in [-0.1, -0.05) is 26.0 Å². The first-order chi connectivity index (χ1) is 13.8. The molecule has 1 fully saturated rings. The monoisotopic (exact) mass is 421 g/mol. The summed E-state index contributed by atoms with van der Waals surface area (Å²) in [5.41, 5.74) is 4.90. The van der Waals surface area contributed by atoms with Crippen LogP contribution in [-0.4, -0.2) is 36.8 Å². The highest BCUT2D eigenvalue weighted by atomic mass is 32.2. The molecule has 1 saturated heterocycles. The average molecular weight is 421 g/mol. The van der Waals surface area contributed by atoms with Crippen LogP contribution in [0.4, 0.5) is 20.7 Å². The van der Waals surface area contributed by atoms with Crippen molar-refractivity contribution < 1.29 is 17.6 Å². The van der Waals surface area contributed by atoms with Gasteiger partial charge >= 0.3 is 6.03 Å². The molecule has 29 heavy (non-hydrogen) atoms. The van der Waals surface area contributed by atoms with Crippen molar-refractivity contribution >= 4 is 27.6 Å². The molecule has 0 bridgehead atoms. The van der Waals surface area contributed by atoms with Gasteiger partial charge in [-0.05, 0) is 42.5 Å². The molecule has 0 saturated carbocycles. The maximum absolute atomic E-state index is 13.5. The second-order valence-corrected chi connectivity index (χ2v) is 9.27. The molecular formula is C19H24FN5O3S. The minimum atomic E-state index is -3.62. The number of hydrazine groups is 1. The van der Waals surface area contributed by atoms with Crippen molar-refractivity contribution in [2.75, 3.05) is 23.8 Å². The van der Waals surface area contributed by atoms with Crippen molar-refractivity contribution in [3.63, 3.8) is 0 Å². The number of pyridine rings is 1. The molecule has 1 aliphatic heterocycles. The Kier molecular flexibility index (Phi) is 6.33. The lowest BCUT2D eigenvalue weighted by Crippen LogP contribution is -2.42. The van der Waals surface area contributed by atoms with Crippen LogP contribution >= 0.6 is 0 Å². The summed E-state index contributed by atoms with van der Waals surface area (Å²) in [5, 5.41) is 2.35. The van der Waals surface area contributed by atoms with Crippen LogP contribution in [0.5, 0.6) is 0 Å². The van der Waals surface area contributed by atoms with Crippen LogP contribution in [0.2, 0.25) is 0 Å². The van der Waals surface area contributed by atoms with Crippen molar-refractivity contribution in [2.24, 2.45) is 11.8 Å². The van der Waals surface area contributed by atoms with Gasteiger partial charge in [0.05, 0.1) is 5.69 Å². The molecule has 3 N–H and O–H groups in total. The van der Waals surface area contributed by atoms with E-state index >= 15 is 0 Å². The van der Waals surface area contributed by atoms with Crippen molar-refractivity contribution in [3.8, 4) is 0 Å². The third-order valence-electron chi connectivity index (χ3n) is 4.64. The van der Waals surface area contributed by atoms with Crippen LogP contribution < -0.4 is 16.2 Å². The first-order valence-electron chi connectivity index (χ1n) is 9.29. The van der Waals surface area contributed by atoms with Crippen molar-refractivity contribution in [1.29, 1.82) is 0 Å². The van der Waals surface area contributed by atoms with E-state index in [1.54, 1.807) is 6.07 Å². The molecule has 1 aliphatic rings. The Morgan fingerprint density at radius 2 is 1.83 bits per heavy atom. The summed E-state index contributed by atoms with van der Waals surface area (Å²) in [7, 11) is -3.62. The Hall–Kier alpha value is -2.72. The van der Waals surface area contributed by atoms with E-state index in [1.165, 1.54) is 40.8 Å². The number of halogens is 1. The number of hydrogen-bond acceptors (Lipinski definition) is 5. The van der Waals surface area contributed by atoms with Crippen LogP contribution in [0, 0.1) is 17.7 Å². The van der Waals surface area contributed by atoms with Gasteiger partial charge in [-0.25, -0.2) is 22.6 Å². The quantitative estimate of drug-likeness (QED) is 0.644. The number of amides is 2. The fourth-order valence-electron chi connectivity index (χ4n) is 3.39. The Labute approximate surface area is 169 Å². The van der Waals surface area contributed by atoms with Crippen LogP contribution in [0.15, 0.2) is 47.5 Å². The Balaban J connectivity index is 1.60. The molecular weight excluding hydrogens is 397 g/mol. The van der Waals surface area contributed by atoms with Gasteiger partial charge in [-0.15, -0.1) is 0 Å². The summed E-state index contributed by atoms with van der Waals surface area (Å²) in [5.74, 6) is 0.295. The number of benzene rings is 1. The molecule has 2 amide bonds. The van der Waals surface area contributed by atoms with Crippen LogP contribution in [-0.2, 0) is 10.0 Å². The van der Waals surface area contributed by atoms with E-state index in [9.17, 15) is 17.6 Å². The molecule has 156 valence electrons. The summed E-state index contributed by atoms with van der Waals surface area (Å²) in [6.45, 7) is 5.07. The SMILES string of the molecule is C[C@H]1C[C@H](C)CN(S(=O)(=O)c2ccc(NNC(=O)Nc3ccccc3F)nc2)C1. The standard InChI is InChI=1S/C19H24FN5O3S/c1-13-9-14(2)12-25(11-13)29(27,28)15-7-8-18(21-10-15)23-24-19(26)22-17-6-4-3-5-16(17)20/h3-8,10,13-14H,9,11-12H2,1-2H3,(H,21,23)(H2,22,24,26)/t13-,14-/m0/s1. The van der Waals surface area contributed by atoms with E-state index in [0.29, 0.717) is 24.9 Å². The zero-order chi connectivity index (χ0) is 21.0. The van der Waals surface area contributed by atoms with Crippen molar-refractivity contribution in [2.45, 2.75) is 25.2 Å².